The maximum atomic E-state index is 12.7. The second kappa shape index (κ2) is 6.85. The second-order valence-corrected chi connectivity index (χ2v) is 7.04. The van der Waals surface area contributed by atoms with Crippen LogP contribution in [-0.2, 0) is 0 Å². The fourth-order valence-corrected chi connectivity index (χ4v) is 3.74. The van der Waals surface area contributed by atoms with Gasteiger partial charge in [0.25, 0.3) is 5.56 Å². The van der Waals surface area contributed by atoms with Gasteiger partial charge in [0.1, 0.15) is 0 Å². The third kappa shape index (κ3) is 3.17. The molecule has 2 aromatic carbocycles. The Bertz CT molecular complexity index is 1240. The summed E-state index contributed by atoms with van der Waals surface area (Å²) in [6.45, 7) is 2.01. The monoisotopic (exact) mass is 379 g/mol. The number of fused-ring (bicyclic) bond motifs is 1. The van der Waals surface area contributed by atoms with E-state index < -0.39 is 0 Å². The molecule has 0 aliphatic heterocycles. The average molecular weight is 379 g/mol. The van der Waals surface area contributed by atoms with Crippen LogP contribution in [0.5, 0.6) is 11.5 Å². The third-order valence-corrected chi connectivity index (χ3v) is 5.12. The molecule has 0 radical (unpaired) electrons. The third-order valence-electron chi connectivity index (χ3n) is 4.16. The Kier molecular flexibility index (Phi) is 4.37. The number of hydrogen-bond donors (Lipinski definition) is 0. The highest BCUT2D eigenvalue weighted by molar-refractivity contribution is 7.15. The zero-order valence-corrected chi connectivity index (χ0v) is 15.9. The van der Waals surface area contributed by atoms with E-state index in [4.69, 9.17) is 9.47 Å². The molecule has 0 saturated heterocycles. The van der Waals surface area contributed by atoms with Crippen molar-refractivity contribution in [1.82, 2.24) is 14.6 Å². The number of nitrogens with zero attached hydrogens (tertiary/aromatic N) is 3. The van der Waals surface area contributed by atoms with E-state index in [1.165, 1.54) is 15.9 Å². The normalized spacial score (nSPS) is 11.9. The van der Waals surface area contributed by atoms with Crippen LogP contribution in [0.15, 0.2) is 47.3 Å². The molecule has 2 aromatic heterocycles. The summed E-state index contributed by atoms with van der Waals surface area (Å²) < 4.78 is 12.5. The van der Waals surface area contributed by atoms with Crippen molar-refractivity contribution >= 4 is 22.4 Å². The molecule has 27 heavy (non-hydrogen) atoms. The Labute approximate surface area is 159 Å². The summed E-state index contributed by atoms with van der Waals surface area (Å²) >= 11 is 1.31. The minimum Gasteiger partial charge on any atom is -0.493 e. The Hall–Kier alpha value is -3.19. The number of benzene rings is 2. The number of aromatic nitrogens is 3. The van der Waals surface area contributed by atoms with Crippen molar-refractivity contribution in [2.75, 3.05) is 14.2 Å². The quantitative estimate of drug-likeness (QED) is 0.545. The summed E-state index contributed by atoms with van der Waals surface area (Å²) in [5, 5.41) is 4.39. The first kappa shape index (κ1) is 17.2. The van der Waals surface area contributed by atoms with E-state index in [1.54, 1.807) is 20.3 Å². The molecule has 136 valence electrons. The minimum atomic E-state index is -0.184. The smallest absolute Gasteiger partial charge is 0.291 e. The van der Waals surface area contributed by atoms with Crippen LogP contribution in [0.1, 0.15) is 11.1 Å². The van der Waals surface area contributed by atoms with Crippen LogP contribution in [0.4, 0.5) is 0 Å². The van der Waals surface area contributed by atoms with Crippen LogP contribution in [0, 0.1) is 6.92 Å². The van der Waals surface area contributed by atoms with Gasteiger partial charge in [0.2, 0.25) is 4.96 Å². The van der Waals surface area contributed by atoms with Crippen molar-refractivity contribution in [2.45, 2.75) is 6.92 Å². The molecule has 0 fully saturated rings. The van der Waals surface area contributed by atoms with E-state index in [0.29, 0.717) is 26.8 Å². The van der Waals surface area contributed by atoms with Gasteiger partial charge in [-0.1, -0.05) is 41.2 Å². The Morgan fingerprint density at radius 2 is 1.89 bits per heavy atom. The van der Waals surface area contributed by atoms with E-state index in [9.17, 15) is 4.79 Å². The highest BCUT2D eigenvalue weighted by atomic mass is 32.1. The van der Waals surface area contributed by atoms with Crippen LogP contribution >= 0.6 is 11.3 Å². The number of ether oxygens (including phenoxy) is 2. The van der Waals surface area contributed by atoms with Crippen LogP contribution in [-0.4, -0.2) is 28.8 Å². The van der Waals surface area contributed by atoms with Crippen molar-refractivity contribution in [3.05, 3.63) is 68.5 Å². The Balaban J connectivity index is 1.78. The predicted molar refractivity (Wildman–Crippen MR) is 106 cm³/mol. The molecule has 0 amide bonds. The predicted octanol–water partition coefficient (Wildman–Crippen LogP) is 2.69. The molecular formula is C20H17N3O3S. The lowest BCUT2D eigenvalue weighted by Gasteiger charge is -2.07. The zero-order chi connectivity index (χ0) is 19.0. The summed E-state index contributed by atoms with van der Waals surface area (Å²) in [5.74, 6) is 1.81. The van der Waals surface area contributed by atoms with Gasteiger partial charge >= 0.3 is 0 Å². The van der Waals surface area contributed by atoms with Crippen molar-refractivity contribution in [1.29, 1.82) is 0 Å². The minimum absolute atomic E-state index is 0.184. The molecule has 4 aromatic rings. The number of methoxy groups -OCH3 is 2. The van der Waals surface area contributed by atoms with Crippen LogP contribution in [0.3, 0.4) is 0 Å². The molecule has 0 spiro atoms. The van der Waals surface area contributed by atoms with Crippen LogP contribution in [0.2, 0.25) is 0 Å². The van der Waals surface area contributed by atoms with Crippen molar-refractivity contribution in [3.63, 3.8) is 0 Å². The molecule has 0 bridgehead atoms. The van der Waals surface area contributed by atoms with E-state index in [1.807, 2.05) is 49.4 Å². The summed E-state index contributed by atoms with van der Waals surface area (Å²) in [6.07, 6.45) is 1.80. The number of hydrogen-bond acceptors (Lipinski definition) is 6. The van der Waals surface area contributed by atoms with Gasteiger partial charge in [-0.15, -0.1) is 5.10 Å². The first-order valence-electron chi connectivity index (χ1n) is 8.29. The maximum absolute atomic E-state index is 12.7. The van der Waals surface area contributed by atoms with E-state index >= 15 is 0 Å². The largest absolute Gasteiger partial charge is 0.493 e. The highest BCUT2D eigenvalue weighted by Gasteiger charge is 2.12. The van der Waals surface area contributed by atoms with Gasteiger partial charge in [-0.25, -0.2) is 0 Å². The molecule has 0 saturated carbocycles. The van der Waals surface area contributed by atoms with Gasteiger partial charge in [0.15, 0.2) is 17.3 Å². The summed E-state index contributed by atoms with van der Waals surface area (Å²) in [7, 11) is 3.17. The molecule has 0 atom stereocenters. The van der Waals surface area contributed by atoms with Crippen LogP contribution in [0.25, 0.3) is 22.4 Å². The van der Waals surface area contributed by atoms with E-state index in [2.05, 4.69) is 10.1 Å². The average Bonchev–Trinajstić information content (AvgIpc) is 3.21. The molecule has 4 rings (SSSR count). The first-order valence-corrected chi connectivity index (χ1v) is 9.11. The lowest BCUT2D eigenvalue weighted by Crippen LogP contribution is -2.23. The van der Waals surface area contributed by atoms with Crippen molar-refractivity contribution in [3.8, 4) is 22.9 Å². The Morgan fingerprint density at radius 1 is 1.07 bits per heavy atom. The zero-order valence-electron chi connectivity index (χ0n) is 15.1. The van der Waals surface area contributed by atoms with Crippen LogP contribution < -0.4 is 19.6 Å². The SMILES string of the molecule is COc1ccc(/C=c2\sc3nc(-c4cccc(C)c4)nn3c2=O)cc1OC. The molecule has 0 unspecified atom stereocenters. The molecule has 0 aliphatic carbocycles. The van der Waals surface area contributed by atoms with Gasteiger partial charge in [-0.2, -0.15) is 9.50 Å². The summed E-state index contributed by atoms with van der Waals surface area (Å²) in [5.41, 5.74) is 2.68. The van der Waals surface area contributed by atoms with E-state index in [-0.39, 0.29) is 5.56 Å². The number of aryl methyl sites for hydroxylation is 1. The molecule has 6 nitrogen and oxygen atoms in total. The standard InChI is InChI=1S/C20H17N3O3S/c1-12-5-4-6-14(9-12)18-21-20-23(22-18)19(24)17(27-20)11-13-7-8-15(25-2)16(10-13)26-3/h4-11H,1-3H3/b17-11-. The highest BCUT2D eigenvalue weighted by Crippen LogP contribution is 2.27. The van der Waals surface area contributed by atoms with E-state index in [0.717, 1.165) is 16.7 Å². The maximum Gasteiger partial charge on any atom is 0.291 e. The number of rotatable bonds is 4. The fraction of sp³-hybridized carbons (Fsp3) is 0.150. The summed E-state index contributed by atoms with van der Waals surface area (Å²) in [4.78, 5) is 17.8. The number of thiazole rings is 1. The molecule has 0 N–H and O–H groups in total. The fourth-order valence-electron chi connectivity index (χ4n) is 2.83. The van der Waals surface area contributed by atoms with Gasteiger partial charge < -0.3 is 9.47 Å². The summed E-state index contributed by atoms with van der Waals surface area (Å²) in [6, 6.07) is 13.4. The lowest BCUT2D eigenvalue weighted by atomic mass is 10.1. The van der Waals surface area contributed by atoms with Gasteiger partial charge in [0.05, 0.1) is 18.8 Å². The van der Waals surface area contributed by atoms with Crippen molar-refractivity contribution in [2.24, 2.45) is 0 Å². The molecule has 7 heteroatoms. The van der Waals surface area contributed by atoms with Gasteiger partial charge in [-0.05, 0) is 36.8 Å². The Morgan fingerprint density at radius 3 is 2.59 bits per heavy atom. The molecular weight excluding hydrogens is 362 g/mol. The van der Waals surface area contributed by atoms with Gasteiger partial charge in [0, 0.05) is 5.56 Å². The lowest BCUT2D eigenvalue weighted by molar-refractivity contribution is 0.355. The van der Waals surface area contributed by atoms with Gasteiger partial charge in [-0.3, -0.25) is 4.79 Å². The molecule has 0 aliphatic rings. The molecule has 2 heterocycles. The topological polar surface area (TPSA) is 65.7 Å². The van der Waals surface area contributed by atoms with Crippen molar-refractivity contribution < 1.29 is 9.47 Å². The first-order chi connectivity index (χ1) is 13.1. The second-order valence-electron chi connectivity index (χ2n) is 6.03.